The van der Waals surface area contributed by atoms with E-state index < -0.39 is 5.41 Å². The lowest BCUT2D eigenvalue weighted by Crippen LogP contribution is -2.48. The maximum atomic E-state index is 13.2. The molecular weight excluding hydrogens is 265 g/mol. The van der Waals surface area contributed by atoms with Gasteiger partial charge in [0.1, 0.15) is 5.82 Å². The van der Waals surface area contributed by atoms with Crippen LogP contribution in [0.3, 0.4) is 0 Å². The third-order valence-electron chi connectivity index (χ3n) is 5.33. The van der Waals surface area contributed by atoms with Crippen molar-refractivity contribution < 1.29 is 9.18 Å². The van der Waals surface area contributed by atoms with Crippen molar-refractivity contribution in [1.29, 1.82) is 0 Å². The summed E-state index contributed by atoms with van der Waals surface area (Å²) in [4.78, 5) is 15.2. The van der Waals surface area contributed by atoms with Gasteiger partial charge in [0.2, 0.25) is 5.91 Å². The van der Waals surface area contributed by atoms with Crippen molar-refractivity contribution in [1.82, 2.24) is 4.90 Å². The van der Waals surface area contributed by atoms with E-state index in [2.05, 4.69) is 11.8 Å². The lowest BCUT2D eigenvalue weighted by Gasteiger charge is -2.38. The van der Waals surface area contributed by atoms with Gasteiger partial charge in [-0.15, -0.1) is 0 Å². The molecule has 0 spiro atoms. The van der Waals surface area contributed by atoms with Crippen molar-refractivity contribution in [2.75, 3.05) is 13.1 Å². The zero-order valence-electron chi connectivity index (χ0n) is 12.8. The van der Waals surface area contributed by atoms with Crippen LogP contribution >= 0.6 is 0 Å². The van der Waals surface area contributed by atoms with E-state index >= 15 is 0 Å². The van der Waals surface area contributed by atoms with Crippen LogP contribution in [0.2, 0.25) is 0 Å². The fourth-order valence-corrected chi connectivity index (χ4v) is 3.89. The molecule has 1 aromatic rings. The highest BCUT2D eigenvalue weighted by molar-refractivity contribution is 5.88. The van der Waals surface area contributed by atoms with Gasteiger partial charge in [-0.05, 0) is 49.3 Å². The van der Waals surface area contributed by atoms with Gasteiger partial charge in [0.25, 0.3) is 0 Å². The molecule has 1 aliphatic carbocycles. The summed E-state index contributed by atoms with van der Waals surface area (Å²) >= 11 is 0. The summed E-state index contributed by atoms with van der Waals surface area (Å²) in [6.45, 7) is 4.01. The molecule has 0 aromatic heterocycles. The average molecular weight is 289 g/mol. The normalized spacial score (nSPS) is 22.5. The molecule has 2 nitrogen and oxygen atoms in total. The number of amides is 1. The van der Waals surface area contributed by atoms with Crippen molar-refractivity contribution >= 4 is 5.91 Å². The van der Waals surface area contributed by atoms with E-state index in [1.54, 1.807) is 0 Å². The van der Waals surface area contributed by atoms with E-state index in [4.69, 9.17) is 0 Å². The number of halogens is 1. The molecule has 3 heteroatoms. The number of nitrogens with zero attached hydrogens (tertiary/aromatic N) is 1. The molecule has 3 rings (SSSR count). The van der Waals surface area contributed by atoms with Gasteiger partial charge in [0.05, 0.1) is 5.41 Å². The Hall–Kier alpha value is -1.38. The molecule has 0 atom stereocenters. The van der Waals surface area contributed by atoms with Gasteiger partial charge in [0, 0.05) is 13.1 Å². The number of rotatable bonds is 2. The summed E-state index contributed by atoms with van der Waals surface area (Å²) < 4.78 is 13.2. The van der Waals surface area contributed by atoms with Gasteiger partial charge >= 0.3 is 0 Å². The number of carbonyl (C=O) groups is 1. The Labute approximate surface area is 126 Å². The fourth-order valence-electron chi connectivity index (χ4n) is 3.89. The second kappa shape index (κ2) is 5.78. The lowest BCUT2D eigenvalue weighted by molar-refractivity contribution is -0.138. The number of hydrogen-bond acceptors (Lipinski definition) is 1. The number of carbonyl (C=O) groups excluding carboxylic acids is 1. The smallest absolute Gasteiger partial charge is 0.233 e. The Bertz CT molecular complexity index is 496. The predicted molar refractivity (Wildman–Crippen MR) is 81.5 cm³/mol. The van der Waals surface area contributed by atoms with Crippen molar-refractivity contribution in [3.8, 4) is 0 Å². The summed E-state index contributed by atoms with van der Waals surface area (Å²) in [7, 11) is 0. The molecule has 1 aliphatic heterocycles. The molecule has 1 saturated heterocycles. The van der Waals surface area contributed by atoms with Gasteiger partial charge < -0.3 is 4.90 Å². The van der Waals surface area contributed by atoms with E-state index in [9.17, 15) is 9.18 Å². The van der Waals surface area contributed by atoms with Crippen LogP contribution < -0.4 is 0 Å². The molecule has 0 unspecified atom stereocenters. The molecule has 0 N–H and O–H groups in total. The van der Waals surface area contributed by atoms with Crippen molar-refractivity contribution in [3.05, 3.63) is 35.6 Å². The first kappa shape index (κ1) is 14.6. The van der Waals surface area contributed by atoms with E-state index in [1.165, 1.54) is 12.1 Å². The van der Waals surface area contributed by atoms with Crippen LogP contribution in [0.15, 0.2) is 24.3 Å². The first-order valence-electron chi connectivity index (χ1n) is 8.17. The number of piperidine rings is 1. The van der Waals surface area contributed by atoms with Crippen LogP contribution in [0.4, 0.5) is 4.39 Å². The van der Waals surface area contributed by atoms with Gasteiger partial charge in [-0.25, -0.2) is 4.39 Å². The third kappa shape index (κ3) is 2.70. The number of benzene rings is 1. The summed E-state index contributed by atoms with van der Waals surface area (Å²) in [6, 6.07) is 6.60. The topological polar surface area (TPSA) is 20.3 Å². The van der Waals surface area contributed by atoms with Gasteiger partial charge in [-0.2, -0.15) is 0 Å². The first-order valence-corrected chi connectivity index (χ1v) is 8.17. The molecular formula is C18H24FNO. The van der Waals surface area contributed by atoms with E-state index in [0.29, 0.717) is 0 Å². The van der Waals surface area contributed by atoms with Crippen LogP contribution in [-0.4, -0.2) is 23.9 Å². The van der Waals surface area contributed by atoms with Crippen molar-refractivity contribution in [3.63, 3.8) is 0 Å². The Morgan fingerprint density at radius 2 is 1.71 bits per heavy atom. The maximum Gasteiger partial charge on any atom is 0.233 e. The first-order chi connectivity index (χ1) is 10.1. The zero-order chi connectivity index (χ0) is 14.9. The Kier molecular flexibility index (Phi) is 4.01. The lowest BCUT2D eigenvalue weighted by atomic mass is 9.77. The molecule has 0 bridgehead atoms. The summed E-state index contributed by atoms with van der Waals surface area (Å²) in [6.07, 6.45) is 6.20. The Morgan fingerprint density at radius 1 is 1.14 bits per heavy atom. The Balaban J connectivity index is 1.86. The standard InChI is InChI=1S/C18H24FNO/c1-14-8-12-20(13-9-14)17(21)18(10-2-3-11-18)15-4-6-16(19)7-5-15/h4-7,14H,2-3,8-13H2,1H3. The molecule has 21 heavy (non-hydrogen) atoms. The molecule has 1 heterocycles. The van der Waals surface area contributed by atoms with Crippen molar-refractivity contribution in [2.24, 2.45) is 5.92 Å². The highest BCUT2D eigenvalue weighted by atomic mass is 19.1. The SMILES string of the molecule is CC1CCN(C(=O)C2(c3ccc(F)cc3)CCCC2)CC1. The van der Waals surface area contributed by atoms with Crippen LogP contribution in [0.5, 0.6) is 0 Å². The van der Waals surface area contributed by atoms with Crippen LogP contribution in [0, 0.1) is 11.7 Å². The molecule has 1 aromatic carbocycles. The average Bonchev–Trinajstić information content (AvgIpc) is 2.99. The highest BCUT2D eigenvalue weighted by Crippen LogP contribution is 2.43. The molecule has 1 amide bonds. The maximum absolute atomic E-state index is 13.2. The largest absolute Gasteiger partial charge is 0.342 e. The summed E-state index contributed by atoms with van der Waals surface area (Å²) in [5.41, 5.74) is 0.610. The van der Waals surface area contributed by atoms with Crippen LogP contribution in [-0.2, 0) is 10.2 Å². The minimum atomic E-state index is -0.395. The van der Waals surface area contributed by atoms with Gasteiger partial charge in [-0.3, -0.25) is 4.79 Å². The van der Waals surface area contributed by atoms with Crippen LogP contribution in [0.1, 0.15) is 51.0 Å². The van der Waals surface area contributed by atoms with Gasteiger partial charge in [0.15, 0.2) is 0 Å². The molecule has 114 valence electrons. The van der Waals surface area contributed by atoms with Crippen molar-refractivity contribution in [2.45, 2.75) is 50.9 Å². The number of likely N-dealkylation sites (tertiary alicyclic amines) is 1. The minimum Gasteiger partial charge on any atom is -0.342 e. The number of hydrogen-bond donors (Lipinski definition) is 0. The quantitative estimate of drug-likeness (QED) is 0.808. The monoisotopic (exact) mass is 289 g/mol. The van der Waals surface area contributed by atoms with E-state index in [0.717, 1.165) is 63.1 Å². The Morgan fingerprint density at radius 3 is 2.29 bits per heavy atom. The minimum absolute atomic E-state index is 0.230. The molecule has 0 radical (unpaired) electrons. The molecule has 1 saturated carbocycles. The molecule has 2 fully saturated rings. The molecule has 2 aliphatic rings. The van der Waals surface area contributed by atoms with E-state index in [1.807, 2.05) is 12.1 Å². The summed E-state index contributed by atoms with van der Waals surface area (Å²) in [5.74, 6) is 0.768. The van der Waals surface area contributed by atoms with Crippen LogP contribution in [0.25, 0.3) is 0 Å². The zero-order valence-corrected chi connectivity index (χ0v) is 12.8. The summed E-state index contributed by atoms with van der Waals surface area (Å²) in [5, 5.41) is 0. The predicted octanol–water partition coefficient (Wildman–Crippen LogP) is 3.90. The second-order valence-electron chi connectivity index (χ2n) is 6.77. The second-order valence-corrected chi connectivity index (χ2v) is 6.77. The fraction of sp³-hybridized carbons (Fsp3) is 0.611. The highest BCUT2D eigenvalue weighted by Gasteiger charge is 2.45. The third-order valence-corrected chi connectivity index (χ3v) is 5.33. The van der Waals surface area contributed by atoms with Gasteiger partial charge in [-0.1, -0.05) is 31.9 Å². The van der Waals surface area contributed by atoms with E-state index in [-0.39, 0.29) is 11.7 Å².